The third kappa shape index (κ3) is 5.57. The third-order valence-electron chi connectivity index (χ3n) is 2.73. The Labute approximate surface area is 130 Å². The Morgan fingerprint density at radius 1 is 1.29 bits per heavy atom. The van der Waals surface area contributed by atoms with Crippen LogP contribution in [0.2, 0.25) is 0 Å². The first-order valence-electron chi connectivity index (χ1n) is 6.07. The summed E-state index contributed by atoms with van der Waals surface area (Å²) in [6, 6.07) is 3.22. The van der Waals surface area contributed by atoms with Crippen LogP contribution in [-0.4, -0.2) is 28.2 Å². The molecule has 0 atom stereocenters. The summed E-state index contributed by atoms with van der Waals surface area (Å²) in [5.74, 6) is 0. The number of alkyl halides is 3. The fourth-order valence-electron chi connectivity index (χ4n) is 1.70. The van der Waals surface area contributed by atoms with E-state index in [4.69, 9.17) is 0 Å². The van der Waals surface area contributed by atoms with Crippen LogP contribution in [0.4, 0.5) is 13.2 Å². The summed E-state index contributed by atoms with van der Waals surface area (Å²) in [5, 5.41) is 2.89. The molecule has 0 bridgehead atoms. The fourth-order valence-corrected chi connectivity index (χ4v) is 3.68. The SMILES string of the molecule is CNCc1cc(Br)c(C)c(S(=O)(=O)NCCC(F)(F)F)c1. The van der Waals surface area contributed by atoms with Crippen molar-refractivity contribution >= 4 is 26.0 Å². The van der Waals surface area contributed by atoms with E-state index in [-0.39, 0.29) is 4.90 Å². The van der Waals surface area contributed by atoms with Crippen molar-refractivity contribution < 1.29 is 21.6 Å². The van der Waals surface area contributed by atoms with Gasteiger partial charge in [0.2, 0.25) is 10.0 Å². The molecular weight excluding hydrogens is 373 g/mol. The van der Waals surface area contributed by atoms with Crippen molar-refractivity contribution in [1.82, 2.24) is 10.0 Å². The van der Waals surface area contributed by atoms with Gasteiger partial charge in [0.1, 0.15) is 0 Å². The molecule has 0 aliphatic heterocycles. The lowest BCUT2D eigenvalue weighted by atomic mass is 10.1. The van der Waals surface area contributed by atoms with Crippen LogP contribution in [0.1, 0.15) is 17.5 Å². The zero-order valence-corrected chi connectivity index (χ0v) is 13.9. The maximum atomic E-state index is 12.1. The van der Waals surface area contributed by atoms with Crippen molar-refractivity contribution in [3.05, 3.63) is 27.7 Å². The lowest BCUT2D eigenvalue weighted by Gasteiger charge is -2.13. The van der Waals surface area contributed by atoms with Gasteiger partial charge in [0.05, 0.1) is 11.3 Å². The van der Waals surface area contributed by atoms with Gasteiger partial charge in [0.15, 0.2) is 0 Å². The molecule has 0 spiro atoms. The van der Waals surface area contributed by atoms with Gasteiger partial charge < -0.3 is 5.32 Å². The van der Waals surface area contributed by atoms with Crippen molar-refractivity contribution in [3.63, 3.8) is 0 Å². The molecule has 0 aliphatic carbocycles. The zero-order chi connectivity index (χ0) is 16.3. The van der Waals surface area contributed by atoms with Crippen LogP contribution in [0, 0.1) is 6.92 Å². The van der Waals surface area contributed by atoms with Gasteiger partial charge in [-0.15, -0.1) is 0 Å². The topological polar surface area (TPSA) is 58.2 Å². The Balaban J connectivity index is 3.02. The molecule has 0 aromatic heterocycles. The lowest BCUT2D eigenvalue weighted by Crippen LogP contribution is -2.28. The lowest BCUT2D eigenvalue weighted by molar-refractivity contribution is -0.132. The minimum absolute atomic E-state index is 0.0238. The van der Waals surface area contributed by atoms with Crippen LogP contribution in [0.15, 0.2) is 21.5 Å². The molecule has 0 saturated carbocycles. The third-order valence-corrected chi connectivity index (χ3v) is 5.14. The van der Waals surface area contributed by atoms with E-state index in [1.54, 1.807) is 20.0 Å². The number of benzene rings is 1. The molecule has 21 heavy (non-hydrogen) atoms. The highest BCUT2D eigenvalue weighted by Gasteiger charge is 2.28. The summed E-state index contributed by atoms with van der Waals surface area (Å²) >= 11 is 3.26. The van der Waals surface area contributed by atoms with Crippen molar-refractivity contribution in [1.29, 1.82) is 0 Å². The minimum atomic E-state index is -4.40. The Bertz CT molecular complexity index is 603. The Morgan fingerprint density at radius 2 is 1.90 bits per heavy atom. The first kappa shape index (κ1) is 18.4. The molecule has 120 valence electrons. The molecule has 0 heterocycles. The number of rotatable bonds is 6. The first-order chi connectivity index (χ1) is 9.57. The van der Waals surface area contributed by atoms with Gasteiger partial charge in [-0.05, 0) is 37.2 Å². The molecule has 4 nitrogen and oxygen atoms in total. The van der Waals surface area contributed by atoms with Crippen molar-refractivity contribution in [2.24, 2.45) is 0 Å². The van der Waals surface area contributed by atoms with E-state index in [2.05, 4.69) is 21.2 Å². The molecule has 1 aromatic carbocycles. The van der Waals surface area contributed by atoms with E-state index >= 15 is 0 Å². The summed E-state index contributed by atoms with van der Waals surface area (Å²) in [6.07, 6.45) is -5.60. The van der Waals surface area contributed by atoms with Crippen LogP contribution < -0.4 is 10.0 Å². The Kier molecular flexibility index (Phi) is 6.21. The molecule has 9 heteroatoms. The van der Waals surface area contributed by atoms with E-state index in [0.717, 1.165) is 0 Å². The second kappa shape index (κ2) is 7.08. The molecule has 0 fully saturated rings. The van der Waals surface area contributed by atoms with Crippen LogP contribution in [0.25, 0.3) is 0 Å². The fraction of sp³-hybridized carbons (Fsp3) is 0.500. The number of hydrogen-bond donors (Lipinski definition) is 2. The largest absolute Gasteiger partial charge is 0.390 e. The predicted octanol–water partition coefficient (Wildman–Crippen LogP) is 2.71. The van der Waals surface area contributed by atoms with Gasteiger partial charge in [0, 0.05) is 17.6 Å². The van der Waals surface area contributed by atoms with Gasteiger partial charge in [0.25, 0.3) is 0 Å². The molecule has 1 aromatic rings. The van der Waals surface area contributed by atoms with E-state index in [0.29, 0.717) is 22.1 Å². The van der Waals surface area contributed by atoms with E-state index in [1.165, 1.54) is 6.07 Å². The average Bonchev–Trinajstić information content (AvgIpc) is 2.31. The molecule has 0 saturated heterocycles. The van der Waals surface area contributed by atoms with Crippen molar-refractivity contribution in [2.75, 3.05) is 13.6 Å². The average molecular weight is 389 g/mol. The number of halogens is 4. The van der Waals surface area contributed by atoms with Crippen LogP contribution >= 0.6 is 15.9 Å². The summed E-state index contributed by atoms with van der Waals surface area (Å²) in [4.78, 5) is -0.0238. The highest BCUT2D eigenvalue weighted by atomic mass is 79.9. The summed E-state index contributed by atoms with van der Waals surface area (Å²) in [5.41, 5.74) is 1.17. The molecule has 2 N–H and O–H groups in total. The molecule has 0 unspecified atom stereocenters. The van der Waals surface area contributed by atoms with E-state index < -0.39 is 29.2 Å². The van der Waals surface area contributed by atoms with Gasteiger partial charge in [-0.25, -0.2) is 13.1 Å². The van der Waals surface area contributed by atoms with Crippen molar-refractivity contribution in [2.45, 2.75) is 31.0 Å². The van der Waals surface area contributed by atoms with Crippen LogP contribution in [0.5, 0.6) is 0 Å². The maximum absolute atomic E-state index is 12.1. The quantitative estimate of drug-likeness (QED) is 0.787. The summed E-state index contributed by atoms with van der Waals surface area (Å²) < 4.78 is 63.1. The molecule has 0 amide bonds. The van der Waals surface area contributed by atoms with Crippen LogP contribution in [-0.2, 0) is 16.6 Å². The van der Waals surface area contributed by atoms with Crippen LogP contribution in [0.3, 0.4) is 0 Å². The normalized spacial score (nSPS) is 12.7. The molecule has 0 aliphatic rings. The molecular formula is C12H16BrF3N2O2S. The van der Waals surface area contributed by atoms with Gasteiger partial charge in [-0.3, -0.25) is 0 Å². The second-order valence-corrected chi connectivity index (χ2v) is 7.08. The summed E-state index contributed by atoms with van der Waals surface area (Å²) in [7, 11) is -2.27. The monoisotopic (exact) mass is 388 g/mol. The number of sulfonamides is 1. The first-order valence-corrected chi connectivity index (χ1v) is 8.34. The minimum Gasteiger partial charge on any atom is -0.316 e. The standard InChI is InChI=1S/C12H16BrF3N2O2S/c1-8-10(13)5-9(7-17-2)6-11(8)21(19,20)18-4-3-12(14,15)16/h5-6,17-18H,3-4,7H2,1-2H3. The Hall–Kier alpha value is -0.640. The predicted molar refractivity (Wildman–Crippen MR) is 77.5 cm³/mol. The highest BCUT2D eigenvalue weighted by molar-refractivity contribution is 9.10. The van der Waals surface area contributed by atoms with Gasteiger partial charge >= 0.3 is 6.18 Å². The van der Waals surface area contributed by atoms with E-state index in [1.807, 2.05) is 4.72 Å². The molecule has 0 radical (unpaired) electrons. The smallest absolute Gasteiger partial charge is 0.316 e. The zero-order valence-electron chi connectivity index (χ0n) is 11.5. The Morgan fingerprint density at radius 3 is 2.43 bits per heavy atom. The number of nitrogens with one attached hydrogen (secondary N) is 2. The summed E-state index contributed by atoms with van der Waals surface area (Å²) in [6.45, 7) is 1.36. The van der Waals surface area contributed by atoms with Gasteiger partial charge in [-0.2, -0.15) is 13.2 Å². The van der Waals surface area contributed by atoms with Crippen molar-refractivity contribution in [3.8, 4) is 0 Å². The van der Waals surface area contributed by atoms with Gasteiger partial charge in [-0.1, -0.05) is 15.9 Å². The number of hydrogen-bond acceptors (Lipinski definition) is 3. The van der Waals surface area contributed by atoms with E-state index in [9.17, 15) is 21.6 Å². The maximum Gasteiger partial charge on any atom is 0.390 e. The second-order valence-electron chi connectivity index (χ2n) is 4.49. The highest BCUT2D eigenvalue weighted by Crippen LogP contribution is 2.26. The molecule has 1 rings (SSSR count).